The average Bonchev–Trinajstić information content (AvgIpc) is 2.23. The third kappa shape index (κ3) is 4.40. The first-order valence-electron chi connectivity index (χ1n) is 5.39. The van der Waals surface area contributed by atoms with Crippen molar-refractivity contribution in [3.63, 3.8) is 0 Å². The quantitative estimate of drug-likeness (QED) is 0.655. The highest BCUT2D eigenvalue weighted by Crippen LogP contribution is 2.34. The summed E-state index contributed by atoms with van der Waals surface area (Å²) < 4.78 is 37.4. The number of hydrogen-bond donors (Lipinski definition) is 2. The molecule has 1 rings (SSSR count). The minimum atomic E-state index is -4.61. The lowest BCUT2D eigenvalue weighted by atomic mass is 10.1. The van der Waals surface area contributed by atoms with Crippen LogP contribution in [0.25, 0.3) is 0 Å². The fourth-order valence-electron chi connectivity index (χ4n) is 1.33. The number of nitrogens with one attached hydrogen (secondary N) is 1. The summed E-state index contributed by atoms with van der Waals surface area (Å²) in [5.74, 6) is 0. The van der Waals surface area contributed by atoms with Gasteiger partial charge in [-0.15, -0.1) is 0 Å². The molecular weight excluding hydrogens is 263 g/mol. The molecule has 0 unspecified atom stereocenters. The Hall–Kier alpha value is -1.83. The van der Waals surface area contributed by atoms with E-state index >= 15 is 0 Å². The number of anilines is 1. The zero-order valence-corrected chi connectivity index (χ0v) is 10.4. The van der Waals surface area contributed by atoms with Crippen LogP contribution in [0.2, 0.25) is 0 Å². The Kier molecular flexibility index (Phi) is 4.04. The predicted molar refractivity (Wildman–Crippen MR) is 64.9 cm³/mol. The summed E-state index contributed by atoms with van der Waals surface area (Å²) in [6.45, 7) is 3.57. The normalized spacial score (nSPS) is 12.3. The average molecular weight is 277 g/mol. The molecule has 0 aliphatic heterocycles. The second-order valence-corrected chi connectivity index (χ2v) is 4.83. The zero-order valence-electron chi connectivity index (χ0n) is 10.4. The van der Waals surface area contributed by atoms with Crippen molar-refractivity contribution in [2.45, 2.75) is 25.6 Å². The van der Waals surface area contributed by atoms with Gasteiger partial charge in [0.05, 0.1) is 10.5 Å². The molecule has 106 valence electrons. The fraction of sp³-hybridized carbons (Fsp3) is 0.455. The van der Waals surface area contributed by atoms with Crippen LogP contribution in [-0.2, 0) is 6.18 Å². The maximum absolute atomic E-state index is 12.5. The number of hydrogen-bond acceptors (Lipinski definition) is 4. The van der Waals surface area contributed by atoms with Gasteiger partial charge in [0, 0.05) is 18.2 Å². The number of halogens is 3. The molecule has 1 aromatic carbocycles. The Morgan fingerprint density at radius 1 is 1.37 bits per heavy atom. The molecule has 0 aromatic heterocycles. The molecule has 1 aromatic rings. The van der Waals surface area contributed by atoms with Gasteiger partial charge in [-0.1, -0.05) is 0 Å². The maximum atomic E-state index is 12.5. The summed E-state index contributed by atoms with van der Waals surface area (Å²) in [6, 6.07) is 2.33. The van der Waals surface area contributed by atoms with Crippen molar-refractivity contribution in [1.29, 1.82) is 0 Å². The SMILES string of the molecule is CC(C)(N)CNc1ccc(C(F)(F)F)cc1[N+](=O)[O-]. The minimum Gasteiger partial charge on any atom is -0.378 e. The predicted octanol–water partition coefficient (Wildman–Crippen LogP) is 2.76. The second kappa shape index (κ2) is 5.04. The molecule has 0 aliphatic carbocycles. The molecule has 0 atom stereocenters. The van der Waals surface area contributed by atoms with Crippen molar-refractivity contribution < 1.29 is 18.1 Å². The maximum Gasteiger partial charge on any atom is 0.416 e. The van der Waals surface area contributed by atoms with Crippen molar-refractivity contribution in [2.75, 3.05) is 11.9 Å². The lowest BCUT2D eigenvalue weighted by Crippen LogP contribution is -2.39. The Labute approximate surface area is 107 Å². The van der Waals surface area contributed by atoms with Crippen molar-refractivity contribution in [3.8, 4) is 0 Å². The third-order valence-corrected chi connectivity index (χ3v) is 2.26. The van der Waals surface area contributed by atoms with Crippen LogP contribution in [0.1, 0.15) is 19.4 Å². The van der Waals surface area contributed by atoms with Crippen LogP contribution in [0.3, 0.4) is 0 Å². The number of benzene rings is 1. The van der Waals surface area contributed by atoms with E-state index in [4.69, 9.17) is 5.73 Å². The molecule has 3 N–H and O–H groups in total. The summed E-state index contributed by atoms with van der Waals surface area (Å²) in [4.78, 5) is 9.93. The molecule has 5 nitrogen and oxygen atoms in total. The lowest BCUT2D eigenvalue weighted by Gasteiger charge is -2.20. The molecule has 0 aliphatic rings. The summed E-state index contributed by atoms with van der Waals surface area (Å²) in [5.41, 5.74) is 3.38. The van der Waals surface area contributed by atoms with Gasteiger partial charge >= 0.3 is 6.18 Å². The van der Waals surface area contributed by atoms with Crippen molar-refractivity contribution in [3.05, 3.63) is 33.9 Å². The van der Waals surface area contributed by atoms with E-state index in [1.807, 2.05) is 0 Å². The molecule has 0 spiro atoms. The number of alkyl halides is 3. The second-order valence-electron chi connectivity index (χ2n) is 4.83. The lowest BCUT2D eigenvalue weighted by molar-refractivity contribution is -0.384. The van der Waals surface area contributed by atoms with Crippen LogP contribution in [-0.4, -0.2) is 17.0 Å². The van der Waals surface area contributed by atoms with Gasteiger partial charge in [0.25, 0.3) is 5.69 Å². The van der Waals surface area contributed by atoms with Gasteiger partial charge in [-0.25, -0.2) is 0 Å². The summed E-state index contributed by atoms with van der Waals surface area (Å²) in [5, 5.41) is 13.5. The number of nitro benzene ring substituents is 1. The van der Waals surface area contributed by atoms with Crippen LogP contribution < -0.4 is 11.1 Å². The molecule has 0 heterocycles. The molecule has 8 heteroatoms. The number of rotatable bonds is 4. The molecule has 0 fully saturated rings. The van der Waals surface area contributed by atoms with Gasteiger partial charge in [0.1, 0.15) is 5.69 Å². The highest BCUT2D eigenvalue weighted by atomic mass is 19.4. The van der Waals surface area contributed by atoms with Gasteiger partial charge in [0.2, 0.25) is 0 Å². The van der Waals surface area contributed by atoms with E-state index in [2.05, 4.69) is 5.32 Å². The Morgan fingerprint density at radius 2 is 1.95 bits per heavy atom. The van der Waals surface area contributed by atoms with Crippen molar-refractivity contribution in [2.24, 2.45) is 5.73 Å². The first-order valence-corrected chi connectivity index (χ1v) is 5.39. The summed E-state index contributed by atoms with van der Waals surface area (Å²) in [6.07, 6.45) is -4.61. The summed E-state index contributed by atoms with van der Waals surface area (Å²) in [7, 11) is 0. The van der Waals surface area contributed by atoms with E-state index in [0.29, 0.717) is 6.07 Å². The fourth-order valence-corrected chi connectivity index (χ4v) is 1.33. The van der Waals surface area contributed by atoms with Crippen LogP contribution in [0, 0.1) is 10.1 Å². The van der Waals surface area contributed by atoms with Crippen LogP contribution in [0.15, 0.2) is 18.2 Å². The number of nitro groups is 1. The molecule has 0 saturated carbocycles. The summed E-state index contributed by atoms with van der Waals surface area (Å²) >= 11 is 0. The topological polar surface area (TPSA) is 81.2 Å². The highest BCUT2D eigenvalue weighted by Gasteiger charge is 2.33. The van der Waals surface area contributed by atoms with Crippen LogP contribution in [0.5, 0.6) is 0 Å². The minimum absolute atomic E-state index is 0.0107. The molecule has 0 amide bonds. The number of nitrogens with two attached hydrogens (primary N) is 1. The standard InChI is InChI=1S/C11H14F3N3O2/c1-10(2,15)6-16-8-4-3-7(11(12,13)14)5-9(8)17(18)19/h3-5,16H,6,15H2,1-2H3. The van der Waals surface area contributed by atoms with E-state index in [0.717, 1.165) is 12.1 Å². The monoisotopic (exact) mass is 277 g/mol. The van der Waals surface area contributed by atoms with Crippen LogP contribution >= 0.6 is 0 Å². The molecule has 0 bridgehead atoms. The largest absolute Gasteiger partial charge is 0.416 e. The molecule has 0 saturated heterocycles. The van der Waals surface area contributed by atoms with Gasteiger partial charge < -0.3 is 11.1 Å². The Balaban J connectivity index is 3.09. The zero-order chi connectivity index (χ0) is 14.8. The van der Waals surface area contributed by atoms with E-state index < -0.39 is 27.9 Å². The van der Waals surface area contributed by atoms with Crippen LogP contribution in [0.4, 0.5) is 24.5 Å². The van der Waals surface area contributed by atoms with Gasteiger partial charge in [0.15, 0.2) is 0 Å². The first-order chi connectivity index (χ1) is 8.50. The van der Waals surface area contributed by atoms with E-state index in [9.17, 15) is 23.3 Å². The van der Waals surface area contributed by atoms with Gasteiger partial charge in [-0.2, -0.15) is 13.2 Å². The third-order valence-electron chi connectivity index (χ3n) is 2.26. The van der Waals surface area contributed by atoms with Crippen molar-refractivity contribution >= 4 is 11.4 Å². The molecular formula is C11H14F3N3O2. The van der Waals surface area contributed by atoms with Gasteiger partial charge in [-0.3, -0.25) is 10.1 Å². The van der Waals surface area contributed by atoms with Crippen molar-refractivity contribution in [1.82, 2.24) is 0 Å². The first kappa shape index (κ1) is 15.2. The molecule has 19 heavy (non-hydrogen) atoms. The van der Waals surface area contributed by atoms with E-state index in [1.54, 1.807) is 13.8 Å². The highest BCUT2D eigenvalue weighted by molar-refractivity contribution is 5.63. The molecule has 0 radical (unpaired) electrons. The van der Waals surface area contributed by atoms with E-state index in [1.165, 1.54) is 0 Å². The Bertz CT molecular complexity index is 481. The smallest absolute Gasteiger partial charge is 0.378 e. The van der Waals surface area contributed by atoms with E-state index in [-0.39, 0.29) is 12.2 Å². The van der Waals surface area contributed by atoms with Gasteiger partial charge in [-0.05, 0) is 26.0 Å². The Morgan fingerprint density at radius 3 is 2.37 bits per heavy atom. The number of nitrogens with zero attached hydrogens (tertiary/aromatic N) is 1.